The van der Waals surface area contributed by atoms with Gasteiger partial charge in [0, 0.05) is 6.42 Å². The van der Waals surface area contributed by atoms with Crippen molar-refractivity contribution in [3.05, 3.63) is 47.6 Å². The number of carboxylic acid groups (broad SMARTS) is 1. The Balaban J connectivity index is 1.67. The summed E-state index contributed by atoms with van der Waals surface area (Å²) in [6, 6.07) is 9.43. The molecule has 1 aromatic carbocycles. The molecule has 1 aromatic heterocycles. The number of aromatic nitrogens is 2. The predicted molar refractivity (Wildman–Crippen MR) is 98.3 cm³/mol. The molecule has 3 rings (SSSR count). The van der Waals surface area contributed by atoms with E-state index in [1.807, 2.05) is 30.3 Å². The number of hydrogen-bond donors (Lipinski definition) is 2. The van der Waals surface area contributed by atoms with Crippen molar-refractivity contribution in [2.75, 3.05) is 11.5 Å². The first-order valence-corrected chi connectivity index (χ1v) is 9.84. The van der Waals surface area contributed by atoms with Gasteiger partial charge in [-0.15, -0.1) is 0 Å². The molecule has 2 N–H and O–H groups in total. The van der Waals surface area contributed by atoms with E-state index < -0.39 is 17.6 Å². The van der Waals surface area contributed by atoms with Crippen LogP contribution in [-0.2, 0) is 28.1 Å². The molecule has 1 saturated heterocycles. The average Bonchev–Trinajstić information content (AvgIpc) is 3.16. The summed E-state index contributed by atoms with van der Waals surface area (Å²) in [6.07, 6.45) is 0.830. The van der Waals surface area contributed by atoms with Crippen molar-refractivity contribution >= 4 is 23.8 Å². The molecule has 1 aliphatic rings. The molecule has 1 aliphatic heterocycles. The number of carboxylic acids is 1. The van der Waals surface area contributed by atoms with E-state index in [4.69, 9.17) is 14.4 Å². The fourth-order valence-electron chi connectivity index (χ4n) is 2.84. The van der Waals surface area contributed by atoms with Crippen LogP contribution in [0.2, 0.25) is 0 Å². The summed E-state index contributed by atoms with van der Waals surface area (Å²) in [4.78, 5) is 27.4. The molecule has 144 valence electrons. The van der Waals surface area contributed by atoms with Crippen LogP contribution in [0.4, 0.5) is 4.79 Å². The van der Waals surface area contributed by atoms with E-state index in [-0.39, 0.29) is 25.3 Å². The van der Waals surface area contributed by atoms with Crippen LogP contribution in [0, 0.1) is 0 Å². The zero-order valence-electron chi connectivity index (χ0n) is 14.7. The number of carbonyl (C=O) groups is 2. The van der Waals surface area contributed by atoms with Gasteiger partial charge in [0.25, 0.3) is 0 Å². The number of aliphatic carboxylic acids is 1. The number of thioether (sulfide) groups is 1. The van der Waals surface area contributed by atoms with Crippen molar-refractivity contribution in [2.45, 2.75) is 37.8 Å². The van der Waals surface area contributed by atoms with Crippen LogP contribution in [0.1, 0.15) is 36.5 Å². The lowest BCUT2D eigenvalue weighted by Gasteiger charge is -2.34. The molecule has 27 heavy (non-hydrogen) atoms. The SMILES string of the molecule is O=C(O)CCc1nc(C2(NC(=O)OCc3ccccc3)CCSCC2)no1. The minimum atomic E-state index is -0.929. The van der Waals surface area contributed by atoms with Crippen LogP contribution in [0.25, 0.3) is 0 Å². The summed E-state index contributed by atoms with van der Waals surface area (Å²) >= 11 is 1.79. The Kier molecular flexibility index (Phi) is 6.33. The lowest BCUT2D eigenvalue weighted by atomic mass is 9.91. The number of nitrogens with one attached hydrogen (secondary N) is 1. The molecule has 8 nitrogen and oxygen atoms in total. The average molecular weight is 391 g/mol. The highest BCUT2D eigenvalue weighted by atomic mass is 32.2. The Morgan fingerprint density at radius 1 is 1.26 bits per heavy atom. The van der Waals surface area contributed by atoms with Gasteiger partial charge in [-0.2, -0.15) is 16.7 Å². The third kappa shape index (κ3) is 5.22. The second-order valence-corrected chi connectivity index (χ2v) is 7.51. The second kappa shape index (κ2) is 8.90. The summed E-state index contributed by atoms with van der Waals surface area (Å²) < 4.78 is 10.5. The normalized spacial score (nSPS) is 15.9. The first-order chi connectivity index (χ1) is 13.1. The van der Waals surface area contributed by atoms with Gasteiger partial charge in [0.05, 0.1) is 6.42 Å². The number of hydrogen-bond acceptors (Lipinski definition) is 7. The quantitative estimate of drug-likeness (QED) is 0.740. The van der Waals surface area contributed by atoms with Gasteiger partial charge in [-0.1, -0.05) is 35.5 Å². The number of benzene rings is 1. The van der Waals surface area contributed by atoms with Gasteiger partial charge in [0.2, 0.25) is 5.89 Å². The maximum atomic E-state index is 12.4. The molecular weight excluding hydrogens is 370 g/mol. The van der Waals surface area contributed by atoms with Crippen molar-refractivity contribution in [3.8, 4) is 0 Å². The molecule has 0 bridgehead atoms. The van der Waals surface area contributed by atoms with Crippen molar-refractivity contribution in [1.82, 2.24) is 15.5 Å². The smallest absolute Gasteiger partial charge is 0.408 e. The number of rotatable bonds is 7. The van der Waals surface area contributed by atoms with E-state index in [0.29, 0.717) is 18.7 Å². The Hall–Kier alpha value is -2.55. The maximum Gasteiger partial charge on any atom is 0.408 e. The Labute approximate surface area is 160 Å². The monoisotopic (exact) mass is 391 g/mol. The first-order valence-electron chi connectivity index (χ1n) is 8.69. The molecule has 2 aromatic rings. The van der Waals surface area contributed by atoms with Gasteiger partial charge in [-0.25, -0.2) is 4.79 Å². The van der Waals surface area contributed by atoms with Crippen LogP contribution in [0.15, 0.2) is 34.9 Å². The topological polar surface area (TPSA) is 115 Å². The van der Waals surface area contributed by atoms with Crippen LogP contribution < -0.4 is 5.32 Å². The van der Waals surface area contributed by atoms with Crippen LogP contribution in [0.3, 0.4) is 0 Å². The largest absolute Gasteiger partial charge is 0.481 e. The number of alkyl carbamates (subject to hydrolysis) is 1. The van der Waals surface area contributed by atoms with Gasteiger partial charge < -0.3 is 19.7 Å². The first kappa shape index (κ1) is 19.2. The maximum absolute atomic E-state index is 12.4. The summed E-state index contributed by atoms with van der Waals surface area (Å²) in [5.41, 5.74) is 0.140. The second-order valence-electron chi connectivity index (χ2n) is 6.29. The fourth-order valence-corrected chi connectivity index (χ4v) is 4.03. The van der Waals surface area contributed by atoms with Gasteiger partial charge >= 0.3 is 12.1 Å². The number of ether oxygens (including phenoxy) is 1. The standard InChI is InChI=1S/C18H21N3O5S/c22-15(23)7-6-14-19-16(21-26-14)18(8-10-27-11-9-18)20-17(24)25-12-13-4-2-1-3-5-13/h1-5H,6-12H2,(H,20,24)(H,22,23). The van der Waals surface area contributed by atoms with E-state index in [9.17, 15) is 9.59 Å². The molecule has 0 spiro atoms. The minimum Gasteiger partial charge on any atom is -0.481 e. The van der Waals surface area contributed by atoms with Crippen molar-refractivity contribution < 1.29 is 24.0 Å². The molecule has 0 unspecified atom stereocenters. The highest BCUT2D eigenvalue weighted by Gasteiger charge is 2.40. The summed E-state index contributed by atoms with van der Waals surface area (Å²) in [5, 5.41) is 15.7. The predicted octanol–water partition coefficient (Wildman–Crippen LogP) is 2.74. The molecule has 9 heteroatoms. The van der Waals surface area contributed by atoms with Crippen molar-refractivity contribution in [3.63, 3.8) is 0 Å². The van der Waals surface area contributed by atoms with Crippen LogP contribution in [0.5, 0.6) is 0 Å². The van der Waals surface area contributed by atoms with Crippen LogP contribution >= 0.6 is 11.8 Å². The number of amides is 1. The lowest BCUT2D eigenvalue weighted by Crippen LogP contribution is -2.49. The van der Waals surface area contributed by atoms with E-state index in [1.54, 1.807) is 11.8 Å². The molecule has 1 amide bonds. The Morgan fingerprint density at radius 2 is 2.00 bits per heavy atom. The molecule has 1 fully saturated rings. The summed E-state index contributed by atoms with van der Waals surface area (Å²) in [5.74, 6) is 1.39. The minimum absolute atomic E-state index is 0.0863. The van der Waals surface area contributed by atoms with Gasteiger partial charge in [-0.3, -0.25) is 4.79 Å². The molecule has 0 aliphatic carbocycles. The van der Waals surface area contributed by atoms with E-state index in [2.05, 4.69) is 15.5 Å². The highest BCUT2D eigenvalue weighted by Crippen LogP contribution is 2.34. The third-order valence-corrected chi connectivity index (χ3v) is 5.33. The van der Waals surface area contributed by atoms with Crippen molar-refractivity contribution in [2.24, 2.45) is 0 Å². The fraction of sp³-hybridized carbons (Fsp3) is 0.444. The van der Waals surface area contributed by atoms with Crippen LogP contribution in [-0.4, -0.2) is 38.8 Å². The van der Waals surface area contributed by atoms with Gasteiger partial charge in [0.15, 0.2) is 5.82 Å². The van der Waals surface area contributed by atoms with Crippen molar-refractivity contribution in [1.29, 1.82) is 0 Å². The summed E-state index contributed by atoms with van der Waals surface area (Å²) in [6.45, 7) is 0.174. The zero-order chi connectivity index (χ0) is 19.1. The number of nitrogens with zero attached hydrogens (tertiary/aromatic N) is 2. The lowest BCUT2D eigenvalue weighted by molar-refractivity contribution is -0.137. The molecule has 0 radical (unpaired) electrons. The number of carbonyl (C=O) groups excluding carboxylic acids is 1. The Bertz CT molecular complexity index is 774. The van der Waals surface area contributed by atoms with E-state index in [0.717, 1.165) is 17.1 Å². The zero-order valence-corrected chi connectivity index (χ0v) is 15.5. The Morgan fingerprint density at radius 3 is 2.70 bits per heavy atom. The molecule has 2 heterocycles. The van der Waals surface area contributed by atoms with Gasteiger partial charge in [-0.05, 0) is 29.9 Å². The molecule has 0 saturated carbocycles. The van der Waals surface area contributed by atoms with E-state index >= 15 is 0 Å². The highest BCUT2D eigenvalue weighted by molar-refractivity contribution is 7.99. The van der Waals surface area contributed by atoms with Gasteiger partial charge in [0.1, 0.15) is 12.1 Å². The molecular formula is C18H21N3O5S. The number of aryl methyl sites for hydroxylation is 1. The summed E-state index contributed by atoms with van der Waals surface area (Å²) in [7, 11) is 0. The third-order valence-electron chi connectivity index (χ3n) is 4.35. The van der Waals surface area contributed by atoms with E-state index in [1.165, 1.54) is 0 Å². The molecule has 0 atom stereocenters.